The van der Waals surface area contributed by atoms with Crippen molar-refractivity contribution in [2.24, 2.45) is 0 Å². The molecule has 1 aromatic heterocycles. The number of carbonyl (C=O) groups is 1. The first-order valence-electron chi connectivity index (χ1n) is 10.3. The number of fused-ring (bicyclic) bond motifs is 2. The second kappa shape index (κ2) is 8.34. The highest BCUT2D eigenvalue weighted by atomic mass is 79.9. The van der Waals surface area contributed by atoms with E-state index in [4.69, 9.17) is 4.74 Å². The minimum atomic E-state index is 0.0695. The molecule has 4 aromatic rings. The van der Waals surface area contributed by atoms with Crippen molar-refractivity contribution in [3.05, 3.63) is 82.5 Å². The summed E-state index contributed by atoms with van der Waals surface area (Å²) >= 11 is 3.58. The molecule has 5 rings (SSSR count). The van der Waals surface area contributed by atoms with Gasteiger partial charge in [-0.3, -0.25) is 9.69 Å². The van der Waals surface area contributed by atoms with Gasteiger partial charge in [-0.05, 0) is 29.0 Å². The van der Waals surface area contributed by atoms with E-state index in [-0.39, 0.29) is 5.78 Å². The third kappa shape index (κ3) is 3.69. The van der Waals surface area contributed by atoms with E-state index in [1.807, 2.05) is 54.7 Å². The van der Waals surface area contributed by atoms with Crippen molar-refractivity contribution in [2.75, 3.05) is 32.8 Å². The molecule has 4 nitrogen and oxygen atoms in total. The maximum atomic E-state index is 13.6. The van der Waals surface area contributed by atoms with E-state index in [9.17, 15) is 4.79 Å². The number of hydrogen-bond donors (Lipinski definition) is 0. The van der Waals surface area contributed by atoms with Crippen LogP contribution in [0.25, 0.3) is 21.7 Å². The van der Waals surface area contributed by atoms with Crippen LogP contribution in [0, 0.1) is 0 Å². The Morgan fingerprint density at radius 1 is 0.900 bits per heavy atom. The SMILES string of the molecule is O=C(c1cccc2ccccc12)c1cn(CCN2CCOCC2)c2ccc(Br)cc12. The summed E-state index contributed by atoms with van der Waals surface area (Å²) in [6.07, 6.45) is 2.03. The molecule has 0 unspecified atom stereocenters. The molecule has 0 aliphatic carbocycles. The highest BCUT2D eigenvalue weighted by Gasteiger charge is 2.19. The minimum Gasteiger partial charge on any atom is -0.379 e. The van der Waals surface area contributed by atoms with Crippen LogP contribution in [-0.4, -0.2) is 48.1 Å². The topological polar surface area (TPSA) is 34.5 Å². The van der Waals surface area contributed by atoms with Gasteiger partial charge in [0.1, 0.15) is 0 Å². The highest BCUT2D eigenvalue weighted by Crippen LogP contribution is 2.29. The maximum absolute atomic E-state index is 13.6. The molecule has 30 heavy (non-hydrogen) atoms. The maximum Gasteiger partial charge on any atom is 0.195 e. The van der Waals surface area contributed by atoms with Gasteiger partial charge in [0.15, 0.2) is 5.78 Å². The average molecular weight is 463 g/mol. The summed E-state index contributed by atoms with van der Waals surface area (Å²) in [6.45, 7) is 5.32. The average Bonchev–Trinajstić information content (AvgIpc) is 3.15. The summed E-state index contributed by atoms with van der Waals surface area (Å²) in [4.78, 5) is 16.1. The molecule has 5 heteroatoms. The Morgan fingerprint density at radius 2 is 1.70 bits per heavy atom. The number of rotatable bonds is 5. The van der Waals surface area contributed by atoms with Crippen LogP contribution in [0.15, 0.2) is 71.3 Å². The Labute approximate surface area is 184 Å². The number of hydrogen-bond acceptors (Lipinski definition) is 3. The molecule has 3 aromatic carbocycles. The lowest BCUT2D eigenvalue weighted by Crippen LogP contribution is -2.38. The van der Waals surface area contributed by atoms with E-state index in [0.29, 0.717) is 0 Å². The largest absolute Gasteiger partial charge is 0.379 e. The van der Waals surface area contributed by atoms with E-state index in [0.717, 1.165) is 76.7 Å². The summed E-state index contributed by atoms with van der Waals surface area (Å²) in [7, 11) is 0. The van der Waals surface area contributed by atoms with Crippen molar-refractivity contribution in [2.45, 2.75) is 6.54 Å². The second-order valence-corrected chi connectivity index (χ2v) is 8.62. The first-order valence-corrected chi connectivity index (χ1v) is 11.1. The number of benzene rings is 3. The monoisotopic (exact) mass is 462 g/mol. The van der Waals surface area contributed by atoms with Gasteiger partial charge in [0.25, 0.3) is 0 Å². The van der Waals surface area contributed by atoms with E-state index in [1.165, 1.54) is 0 Å². The molecule has 0 radical (unpaired) electrons. The molecule has 0 bridgehead atoms. The van der Waals surface area contributed by atoms with Crippen LogP contribution in [0.3, 0.4) is 0 Å². The molecule has 1 aliphatic rings. The predicted octanol–water partition coefficient (Wildman–Crippen LogP) is 5.12. The predicted molar refractivity (Wildman–Crippen MR) is 124 cm³/mol. The Balaban J connectivity index is 1.54. The molecule has 0 saturated carbocycles. The molecular weight excluding hydrogens is 440 g/mol. The lowest BCUT2D eigenvalue weighted by Gasteiger charge is -2.26. The molecule has 0 spiro atoms. The summed E-state index contributed by atoms with van der Waals surface area (Å²) in [5.74, 6) is 0.0695. The molecule has 0 N–H and O–H groups in total. The summed E-state index contributed by atoms with van der Waals surface area (Å²) in [5, 5.41) is 3.07. The smallest absolute Gasteiger partial charge is 0.195 e. The van der Waals surface area contributed by atoms with Crippen molar-refractivity contribution in [1.82, 2.24) is 9.47 Å². The van der Waals surface area contributed by atoms with Gasteiger partial charge in [0.05, 0.1) is 13.2 Å². The van der Waals surface area contributed by atoms with Crippen molar-refractivity contribution < 1.29 is 9.53 Å². The van der Waals surface area contributed by atoms with E-state index in [2.05, 4.69) is 37.5 Å². The van der Waals surface area contributed by atoms with Crippen molar-refractivity contribution in [1.29, 1.82) is 0 Å². The molecule has 1 aliphatic heterocycles. The molecule has 1 fully saturated rings. The standard InChI is InChI=1S/C25H23BrN2O2/c26-19-8-9-24-22(16-19)23(17-28(24)11-10-27-12-14-30-15-13-27)25(29)21-7-3-5-18-4-1-2-6-20(18)21/h1-9,16-17H,10-15H2. The van der Waals surface area contributed by atoms with Crippen LogP contribution in [0.4, 0.5) is 0 Å². The summed E-state index contributed by atoms with van der Waals surface area (Å²) in [5.41, 5.74) is 2.60. The van der Waals surface area contributed by atoms with Gasteiger partial charge in [-0.25, -0.2) is 0 Å². The summed E-state index contributed by atoms with van der Waals surface area (Å²) in [6, 6.07) is 20.2. The molecular formula is C25H23BrN2O2. The second-order valence-electron chi connectivity index (χ2n) is 7.71. The highest BCUT2D eigenvalue weighted by molar-refractivity contribution is 9.10. The molecule has 0 amide bonds. The van der Waals surface area contributed by atoms with Crippen molar-refractivity contribution in [3.8, 4) is 0 Å². The number of carbonyl (C=O) groups excluding carboxylic acids is 1. The van der Waals surface area contributed by atoms with Gasteiger partial charge in [-0.2, -0.15) is 0 Å². The van der Waals surface area contributed by atoms with Crippen LogP contribution in [-0.2, 0) is 11.3 Å². The lowest BCUT2D eigenvalue weighted by molar-refractivity contribution is 0.0365. The number of morpholine rings is 1. The Kier molecular flexibility index (Phi) is 5.42. The first-order chi connectivity index (χ1) is 14.7. The number of ether oxygens (including phenoxy) is 1. The summed E-state index contributed by atoms with van der Waals surface area (Å²) < 4.78 is 8.65. The number of aromatic nitrogens is 1. The zero-order valence-corrected chi connectivity index (χ0v) is 18.3. The first kappa shape index (κ1) is 19.5. The zero-order chi connectivity index (χ0) is 20.5. The van der Waals surface area contributed by atoms with Gasteiger partial charge < -0.3 is 9.30 Å². The minimum absolute atomic E-state index is 0.0695. The fourth-order valence-corrected chi connectivity index (χ4v) is 4.64. The van der Waals surface area contributed by atoms with Gasteiger partial charge in [0, 0.05) is 58.9 Å². The van der Waals surface area contributed by atoms with Crippen molar-refractivity contribution in [3.63, 3.8) is 0 Å². The normalized spacial score (nSPS) is 15.1. The van der Waals surface area contributed by atoms with Gasteiger partial charge in [-0.15, -0.1) is 0 Å². The van der Waals surface area contributed by atoms with E-state index < -0.39 is 0 Å². The van der Waals surface area contributed by atoms with Crippen LogP contribution >= 0.6 is 15.9 Å². The van der Waals surface area contributed by atoms with Crippen LogP contribution in [0.2, 0.25) is 0 Å². The van der Waals surface area contributed by atoms with Crippen molar-refractivity contribution >= 4 is 43.4 Å². The van der Waals surface area contributed by atoms with Crippen LogP contribution in [0.5, 0.6) is 0 Å². The van der Waals surface area contributed by atoms with E-state index in [1.54, 1.807) is 0 Å². The Hall–Kier alpha value is -2.47. The zero-order valence-electron chi connectivity index (χ0n) is 16.7. The Bertz CT molecular complexity index is 1220. The van der Waals surface area contributed by atoms with E-state index >= 15 is 0 Å². The molecule has 2 heterocycles. The molecule has 0 atom stereocenters. The van der Waals surface area contributed by atoms with Gasteiger partial charge in [-0.1, -0.05) is 58.4 Å². The van der Waals surface area contributed by atoms with Gasteiger partial charge >= 0.3 is 0 Å². The number of nitrogens with zero attached hydrogens (tertiary/aromatic N) is 2. The Morgan fingerprint density at radius 3 is 2.57 bits per heavy atom. The fraction of sp³-hybridized carbons (Fsp3) is 0.240. The van der Waals surface area contributed by atoms with Crippen LogP contribution < -0.4 is 0 Å². The third-order valence-corrected chi connectivity index (χ3v) is 6.38. The quantitative estimate of drug-likeness (QED) is 0.386. The number of halogens is 1. The lowest BCUT2D eigenvalue weighted by atomic mass is 9.97. The van der Waals surface area contributed by atoms with Crippen LogP contribution in [0.1, 0.15) is 15.9 Å². The molecule has 152 valence electrons. The van der Waals surface area contributed by atoms with Gasteiger partial charge in [0.2, 0.25) is 0 Å². The number of ketones is 1. The third-order valence-electron chi connectivity index (χ3n) is 5.88. The fourth-order valence-electron chi connectivity index (χ4n) is 4.28. The molecule has 1 saturated heterocycles.